The molecule has 0 aromatic carbocycles. The fraction of sp³-hybridized carbons (Fsp3) is 0.938. The molecule has 0 heterocycles. The number of aliphatic hydroxyl groups excluding tert-OH is 1. The van der Waals surface area contributed by atoms with Crippen LogP contribution in [0, 0.1) is 11.8 Å². The van der Waals surface area contributed by atoms with Crippen LogP contribution in [0.2, 0.25) is 0 Å². The fourth-order valence-corrected chi connectivity index (χ4v) is 3.14. The maximum Gasteiger partial charge on any atom is 0.317 e. The number of nitrogens with one attached hydrogen (secondary N) is 1. The number of carbonyl (C=O) groups excluding carboxylic acids is 1. The lowest BCUT2D eigenvalue weighted by molar-refractivity contribution is 0.113. The van der Waals surface area contributed by atoms with Gasteiger partial charge in [-0.15, -0.1) is 0 Å². The molecule has 5 nitrogen and oxygen atoms in total. The number of hydrogen-bond donors (Lipinski definition) is 2. The maximum atomic E-state index is 12.3. The summed E-state index contributed by atoms with van der Waals surface area (Å²) in [5.74, 6) is 0.787. The lowest BCUT2D eigenvalue weighted by Gasteiger charge is -2.28. The number of likely N-dealkylation sites (N-methyl/N-ethyl adjacent to an activating group) is 1. The van der Waals surface area contributed by atoms with Crippen molar-refractivity contribution in [1.29, 1.82) is 0 Å². The van der Waals surface area contributed by atoms with E-state index in [4.69, 9.17) is 0 Å². The van der Waals surface area contributed by atoms with E-state index in [1.54, 1.807) is 4.90 Å². The first-order valence-electron chi connectivity index (χ1n) is 8.14. The van der Waals surface area contributed by atoms with E-state index in [2.05, 4.69) is 24.1 Å². The maximum absolute atomic E-state index is 12.3. The van der Waals surface area contributed by atoms with Gasteiger partial charge in [-0.05, 0) is 39.3 Å². The Morgan fingerprint density at radius 1 is 1.29 bits per heavy atom. The van der Waals surface area contributed by atoms with Crippen LogP contribution in [0.4, 0.5) is 4.79 Å². The van der Waals surface area contributed by atoms with Crippen molar-refractivity contribution >= 4 is 6.03 Å². The molecule has 1 aliphatic carbocycles. The van der Waals surface area contributed by atoms with Gasteiger partial charge in [0.05, 0.1) is 6.10 Å². The van der Waals surface area contributed by atoms with Crippen molar-refractivity contribution in [3.8, 4) is 0 Å². The Morgan fingerprint density at radius 3 is 2.43 bits per heavy atom. The van der Waals surface area contributed by atoms with Crippen LogP contribution in [0.25, 0.3) is 0 Å². The molecule has 0 aromatic heterocycles. The zero-order valence-electron chi connectivity index (χ0n) is 14.3. The summed E-state index contributed by atoms with van der Waals surface area (Å²) < 4.78 is 0. The van der Waals surface area contributed by atoms with E-state index in [9.17, 15) is 9.90 Å². The molecule has 1 aliphatic rings. The first-order valence-corrected chi connectivity index (χ1v) is 8.14. The van der Waals surface area contributed by atoms with Crippen LogP contribution >= 0.6 is 0 Å². The minimum Gasteiger partial charge on any atom is -0.393 e. The first kappa shape index (κ1) is 18.2. The Morgan fingerprint density at radius 2 is 1.95 bits per heavy atom. The molecule has 1 fully saturated rings. The van der Waals surface area contributed by atoms with Crippen molar-refractivity contribution in [1.82, 2.24) is 15.1 Å². The molecule has 1 saturated carbocycles. The van der Waals surface area contributed by atoms with Crippen molar-refractivity contribution in [3.05, 3.63) is 0 Å². The van der Waals surface area contributed by atoms with E-state index in [1.807, 2.05) is 21.1 Å². The van der Waals surface area contributed by atoms with Gasteiger partial charge in [0.2, 0.25) is 0 Å². The van der Waals surface area contributed by atoms with Crippen LogP contribution in [0.3, 0.4) is 0 Å². The molecule has 1 rings (SSSR count). The normalized spacial score (nSPS) is 23.6. The van der Waals surface area contributed by atoms with E-state index < -0.39 is 0 Å². The number of amides is 2. The fourth-order valence-electron chi connectivity index (χ4n) is 3.14. The van der Waals surface area contributed by atoms with Crippen LogP contribution < -0.4 is 5.32 Å². The smallest absolute Gasteiger partial charge is 0.317 e. The number of aliphatic hydroxyl groups is 1. The molecule has 0 bridgehead atoms. The minimum absolute atomic E-state index is 0.0263. The monoisotopic (exact) mass is 299 g/mol. The van der Waals surface area contributed by atoms with Gasteiger partial charge in [-0.1, -0.05) is 20.3 Å². The van der Waals surface area contributed by atoms with Gasteiger partial charge in [0.25, 0.3) is 0 Å². The van der Waals surface area contributed by atoms with Crippen LogP contribution in [-0.2, 0) is 0 Å². The Balaban J connectivity index is 2.46. The van der Waals surface area contributed by atoms with Crippen LogP contribution in [-0.4, -0.2) is 67.3 Å². The average Bonchev–Trinajstić information content (AvgIpc) is 2.73. The van der Waals surface area contributed by atoms with Gasteiger partial charge in [-0.25, -0.2) is 4.79 Å². The Kier molecular flexibility index (Phi) is 7.46. The number of nitrogens with zero attached hydrogens (tertiary/aromatic N) is 2. The number of urea groups is 1. The second-order valence-electron chi connectivity index (χ2n) is 7.18. The molecule has 2 amide bonds. The molecule has 0 spiro atoms. The first-order chi connectivity index (χ1) is 9.79. The second kappa shape index (κ2) is 8.59. The third-order valence-corrected chi connectivity index (χ3v) is 4.14. The highest BCUT2D eigenvalue weighted by Gasteiger charge is 2.28. The van der Waals surface area contributed by atoms with E-state index in [1.165, 1.54) is 0 Å². The Hall–Kier alpha value is -0.810. The summed E-state index contributed by atoms with van der Waals surface area (Å²) in [5, 5.41) is 13.0. The van der Waals surface area contributed by atoms with Crippen LogP contribution in [0.15, 0.2) is 0 Å². The number of rotatable bonds is 7. The zero-order chi connectivity index (χ0) is 16.0. The van der Waals surface area contributed by atoms with Crippen LogP contribution in [0.5, 0.6) is 0 Å². The molecule has 3 unspecified atom stereocenters. The van der Waals surface area contributed by atoms with Gasteiger partial charge < -0.3 is 20.2 Å². The molecule has 21 heavy (non-hydrogen) atoms. The van der Waals surface area contributed by atoms with Gasteiger partial charge in [0.15, 0.2) is 0 Å². The molecule has 0 aromatic rings. The molecular formula is C16H33N3O2. The summed E-state index contributed by atoms with van der Waals surface area (Å²) in [6.45, 7) is 5.84. The largest absolute Gasteiger partial charge is 0.393 e. The summed E-state index contributed by atoms with van der Waals surface area (Å²) in [6, 6.07) is 0.144. The molecule has 0 aliphatic heterocycles. The SMILES string of the molecule is CC(C)CC(CN(C)C)NC(=O)N(C)CC1CCCC1O. The quantitative estimate of drug-likeness (QED) is 0.753. The van der Waals surface area contributed by atoms with E-state index in [0.29, 0.717) is 12.5 Å². The Labute approximate surface area is 129 Å². The lowest BCUT2D eigenvalue weighted by atomic mass is 10.0. The van der Waals surface area contributed by atoms with E-state index >= 15 is 0 Å². The van der Waals surface area contributed by atoms with Crippen molar-refractivity contribution < 1.29 is 9.90 Å². The third-order valence-electron chi connectivity index (χ3n) is 4.14. The predicted molar refractivity (Wildman–Crippen MR) is 86.3 cm³/mol. The van der Waals surface area contributed by atoms with Gasteiger partial charge >= 0.3 is 6.03 Å². The van der Waals surface area contributed by atoms with Gasteiger partial charge in [-0.3, -0.25) is 0 Å². The lowest BCUT2D eigenvalue weighted by Crippen LogP contribution is -2.48. The van der Waals surface area contributed by atoms with Gasteiger partial charge in [-0.2, -0.15) is 0 Å². The van der Waals surface area contributed by atoms with Gasteiger partial charge in [0.1, 0.15) is 0 Å². The highest BCUT2D eigenvalue weighted by molar-refractivity contribution is 5.74. The summed E-state index contributed by atoms with van der Waals surface area (Å²) in [6.07, 6.45) is 3.69. The summed E-state index contributed by atoms with van der Waals surface area (Å²) in [5.41, 5.74) is 0. The highest BCUT2D eigenvalue weighted by atomic mass is 16.3. The van der Waals surface area contributed by atoms with Crippen molar-refractivity contribution in [2.45, 2.75) is 51.7 Å². The highest BCUT2D eigenvalue weighted by Crippen LogP contribution is 2.25. The number of carbonyl (C=O) groups is 1. The van der Waals surface area contributed by atoms with Crippen LogP contribution in [0.1, 0.15) is 39.5 Å². The van der Waals surface area contributed by atoms with E-state index in [-0.39, 0.29) is 24.1 Å². The third kappa shape index (κ3) is 6.66. The number of hydrogen-bond acceptors (Lipinski definition) is 3. The molecule has 5 heteroatoms. The predicted octanol–water partition coefficient (Wildman–Crippen LogP) is 1.77. The minimum atomic E-state index is -0.242. The molecule has 0 saturated heterocycles. The van der Waals surface area contributed by atoms with Crippen molar-refractivity contribution in [3.63, 3.8) is 0 Å². The van der Waals surface area contributed by atoms with Crippen molar-refractivity contribution in [2.24, 2.45) is 11.8 Å². The summed E-state index contributed by atoms with van der Waals surface area (Å²) in [4.78, 5) is 16.2. The van der Waals surface area contributed by atoms with Crippen molar-refractivity contribution in [2.75, 3.05) is 34.2 Å². The van der Waals surface area contributed by atoms with E-state index in [0.717, 1.165) is 32.2 Å². The average molecular weight is 299 g/mol. The zero-order valence-corrected chi connectivity index (χ0v) is 14.3. The topological polar surface area (TPSA) is 55.8 Å². The molecule has 3 atom stereocenters. The molecular weight excluding hydrogens is 266 g/mol. The molecule has 124 valence electrons. The second-order valence-corrected chi connectivity index (χ2v) is 7.18. The molecule has 2 N–H and O–H groups in total. The summed E-state index contributed by atoms with van der Waals surface area (Å²) >= 11 is 0. The summed E-state index contributed by atoms with van der Waals surface area (Å²) in [7, 11) is 5.87. The molecule has 0 radical (unpaired) electrons. The van der Waals surface area contributed by atoms with Gasteiger partial charge in [0, 0.05) is 32.1 Å². The standard InChI is InChI=1S/C16H33N3O2/c1-12(2)9-14(11-18(3)4)17-16(21)19(5)10-13-7-6-8-15(13)20/h12-15,20H,6-11H2,1-5H3,(H,17,21). The Bertz CT molecular complexity index is 311.